The second-order valence-corrected chi connectivity index (χ2v) is 4.32. The maximum absolute atomic E-state index is 12.0. The Morgan fingerprint density at radius 2 is 2.29 bits per heavy atom. The van der Waals surface area contributed by atoms with Gasteiger partial charge >= 0.3 is 0 Å². The molecule has 0 bridgehead atoms. The molecule has 1 heterocycles. The molecule has 1 N–H and O–H groups in total. The molecule has 0 aliphatic rings. The molecule has 0 atom stereocenters. The van der Waals surface area contributed by atoms with Crippen LogP contribution in [0.4, 0.5) is 11.6 Å². The number of hydrogen-bond donors (Lipinski definition) is 1. The molecule has 0 saturated heterocycles. The molecule has 1 aromatic carbocycles. The Kier molecular flexibility index (Phi) is 4.54. The van der Waals surface area contributed by atoms with Crippen molar-refractivity contribution < 1.29 is 9.72 Å². The number of aromatic nitrogens is 4. The Balaban J connectivity index is 2.05. The summed E-state index contributed by atoms with van der Waals surface area (Å²) in [5.74, 6) is -0.448. The number of nitro groups is 1. The first kappa shape index (κ1) is 14.6. The summed E-state index contributed by atoms with van der Waals surface area (Å²) in [6, 6.07) is 5.43. The van der Waals surface area contributed by atoms with Gasteiger partial charge in [-0.3, -0.25) is 20.2 Å². The molecule has 2 rings (SSSR count). The van der Waals surface area contributed by atoms with Gasteiger partial charge in [0.15, 0.2) is 0 Å². The zero-order chi connectivity index (χ0) is 15.2. The number of anilines is 1. The number of nitrogens with zero attached hydrogens (tertiary/aromatic N) is 5. The highest BCUT2D eigenvalue weighted by molar-refractivity contribution is 6.03. The van der Waals surface area contributed by atoms with Crippen molar-refractivity contribution in [3.63, 3.8) is 0 Å². The number of hydrogen-bond acceptors (Lipinski definition) is 6. The Morgan fingerprint density at radius 1 is 1.48 bits per heavy atom. The van der Waals surface area contributed by atoms with Crippen molar-refractivity contribution in [2.45, 2.75) is 26.3 Å². The minimum Gasteiger partial charge on any atom is -0.288 e. The molecule has 0 unspecified atom stereocenters. The molecule has 0 aliphatic heterocycles. The third-order valence-electron chi connectivity index (χ3n) is 2.71. The Labute approximate surface area is 120 Å². The molecule has 9 heteroatoms. The fraction of sp³-hybridized carbons (Fsp3) is 0.333. The second kappa shape index (κ2) is 6.55. The number of carbonyl (C=O) groups excluding carboxylic acids is 1. The molecule has 1 aromatic heterocycles. The van der Waals surface area contributed by atoms with Crippen molar-refractivity contribution in [3.05, 3.63) is 39.9 Å². The highest BCUT2D eigenvalue weighted by atomic mass is 16.6. The van der Waals surface area contributed by atoms with Crippen LogP contribution in [0.3, 0.4) is 0 Å². The van der Waals surface area contributed by atoms with Crippen LogP contribution in [0.1, 0.15) is 30.1 Å². The maximum Gasteiger partial charge on any atom is 0.270 e. The van der Waals surface area contributed by atoms with E-state index in [2.05, 4.69) is 20.7 Å². The van der Waals surface area contributed by atoms with Gasteiger partial charge in [-0.2, -0.15) is 4.80 Å². The minimum absolute atomic E-state index is 0.0719. The van der Waals surface area contributed by atoms with E-state index in [-0.39, 0.29) is 17.2 Å². The highest BCUT2D eigenvalue weighted by Crippen LogP contribution is 2.13. The highest BCUT2D eigenvalue weighted by Gasteiger charge is 2.13. The lowest BCUT2D eigenvalue weighted by Crippen LogP contribution is -2.13. The van der Waals surface area contributed by atoms with Crippen LogP contribution in [-0.2, 0) is 6.54 Å². The van der Waals surface area contributed by atoms with Gasteiger partial charge in [0.1, 0.15) is 0 Å². The van der Waals surface area contributed by atoms with Crippen LogP contribution in [0.5, 0.6) is 0 Å². The van der Waals surface area contributed by atoms with Gasteiger partial charge in [-0.15, -0.1) is 5.10 Å². The third-order valence-corrected chi connectivity index (χ3v) is 2.71. The summed E-state index contributed by atoms with van der Waals surface area (Å²) in [7, 11) is 0. The Morgan fingerprint density at radius 3 is 3.00 bits per heavy atom. The number of unbranched alkanes of at least 4 members (excludes halogenated alkanes) is 1. The van der Waals surface area contributed by atoms with E-state index >= 15 is 0 Å². The molecule has 21 heavy (non-hydrogen) atoms. The summed E-state index contributed by atoms with van der Waals surface area (Å²) in [4.78, 5) is 23.5. The van der Waals surface area contributed by atoms with Crippen LogP contribution in [0.15, 0.2) is 24.3 Å². The average molecular weight is 290 g/mol. The van der Waals surface area contributed by atoms with E-state index < -0.39 is 10.8 Å². The molecule has 1 amide bonds. The van der Waals surface area contributed by atoms with Gasteiger partial charge in [0.25, 0.3) is 17.5 Å². The first-order valence-electron chi connectivity index (χ1n) is 6.43. The van der Waals surface area contributed by atoms with Gasteiger partial charge in [0, 0.05) is 17.7 Å². The van der Waals surface area contributed by atoms with Crippen LogP contribution < -0.4 is 5.32 Å². The van der Waals surface area contributed by atoms with E-state index in [1.165, 1.54) is 29.1 Å². The summed E-state index contributed by atoms with van der Waals surface area (Å²) in [5.41, 5.74) is 0.0105. The standard InChI is InChI=1S/C12H14N6O3/c1-2-3-7-17-15-12(14-16-17)13-11(19)9-5-4-6-10(8-9)18(20)21/h4-6,8H,2-3,7H2,1H3,(H,13,15,19). The average Bonchev–Trinajstić information content (AvgIpc) is 2.92. The Bertz CT molecular complexity index is 654. The van der Waals surface area contributed by atoms with Gasteiger partial charge in [-0.05, 0) is 17.7 Å². The first-order valence-corrected chi connectivity index (χ1v) is 6.43. The number of nitrogens with one attached hydrogen (secondary N) is 1. The molecule has 0 radical (unpaired) electrons. The summed E-state index contributed by atoms with van der Waals surface area (Å²) >= 11 is 0. The van der Waals surface area contributed by atoms with Crippen molar-refractivity contribution >= 4 is 17.5 Å². The molecular formula is C12H14N6O3. The summed E-state index contributed by atoms with van der Waals surface area (Å²) < 4.78 is 0. The number of benzene rings is 1. The molecule has 2 aromatic rings. The SMILES string of the molecule is CCCCn1nnc(NC(=O)c2cccc([N+](=O)[O-])c2)n1. The van der Waals surface area contributed by atoms with E-state index in [0.29, 0.717) is 6.54 Å². The largest absolute Gasteiger partial charge is 0.288 e. The molecule has 110 valence electrons. The summed E-state index contributed by atoms with van der Waals surface area (Å²) in [6.45, 7) is 2.66. The predicted octanol–water partition coefficient (Wildman–Crippen LogP) is 1.63. The van der Waals surface area contributed by atoms with E-state index in [1.54, 1.807) is 0 Å². The van der Waals surface area contributed by atoms with Crippen molar-refractivity contribution in [2.75, 3.05) is 5.32 Å². The van der Waals surface area contributed by atoms with Crippen LogP contribution in [0.25, 0.3) is 0 Å². The van der Waals surface area contributed by atoms with Gasteiger partial charge < -0.3 is 0 Å². The fourth-order valence-electron chi connectivity index (χ4n) is 1.62. The van der Waals surface area contributed by atoms with Crippen molar-refractivity contribution in [2.24, 2.45) is 0 Å². The second-order valence-electron chi connectivity index (χ2n) is 4.32. The van der Waals surface area contributed by atoms with Gasteiger partial charge in [0.05, 0.1) is 11.5 Å². The van der Waals surface area contributed by atoms with Crippen molar-refractivity contribution in [1.29, 1.82) is 0 Å². The van der Waals surface area contributed by atoms with E-state index in [0.717, 1.165) is 12.8 Å². The zero-order valence-corrected chi connectivity index (χ0v) is 11.4. The summed E-state index contributed by atoms with van der Waals surface area (Å²) in [5, 5.41) is 24.6. The molecule has 0 spiro atoms. The van der Waals surface area contributed by atoms with Crippen molar-refractivity contribution in [3.8, 4) is 0 Å². The normalized spacial score (nSPS) is 10.3. The monoisotopic (exact) mass is 290 g/mol. The van der Waals surface area contributed by atoms with Crippen LogP contribution in [-0.4, -0.2) is 31.0 Å². The van der Waals surface area contributed by atoms with E-state index in [1.807, 2.05) is 6.92 Å². The van der Waals surface area contributed by atoms with Crippen LogP contribution in [0, 0.1) is 10.1 Å². The maximum atomic E-state index is 12.0. The van der Waals surface area contributed by atoms with E-state index in [9.17, 15) is 14.9 Å². The van der Waals surface area contributed by atoms with Crippen LogP contribution >= 0.6 is 0 Å². The zero-order valence-electron chi connectivity index (χ0n) is 11.4. The lowest BCUT2D eigenvalue weighted by molar-refractivity contribution is -0.384. The number of rotatable bonds is 6. The third kappa shape index (κ3) is 3.81. The minimum atomic E-state index is -0.559. The number of amides is 1. The summed E-state index contributed by atoms with van der Waals surface area (Å²) in [6.07, 6.45) is 1.91. The number of tetrazole rings is 1. The van der Waals surface area contributed by atoms with Crippen LogP contribution in [0.2, 0.25) is 0 Å². The number of nitro benzene ring substituents is 1. The Hall–Kier alpha value is -2.84. The van der Waals surface area contributed by atoms with Gasteiger partial charge in [-0.1, -0.05) is 24.5 Å². The van der Waals surface area contributed by atoms with E-state index in [4.69, 9.17) is 0 Å². The smallest absolute Gasteiger partial charge is 0.270 e. The molecular weight excluding hydrogens is 276 g/mol. The molecule has 9 nitrogen and oxygen atoms in total. The topological polar surface area (TPSA) is 116 Å². The molecule has 0 fully saturated rings. The number of carbonyl (C=O) groups is 1. The molecule has 0 saturated carbocycles. The lowest BCUT2D eigenvalue weighted by atomic mass is 10.2. The fourth-order valence-corrected chi connectivity index (χ4v) is 1.62. The molecule has 0 aliphatic carbocycles. The predicted molar refractivity (Wildman–Crippen MR) is 73.8 cm³/mol. The van der Waals surface area contributed by atoms with Gasteiger partial charge in [0.2, 0.25) is 0 Å². The number of non-ortho nitro benzene ring substituents is 1. The van der Waals surface area contributed by atoms with Gasteiger partial charge in [-0.25, -0.2) is 0 Å². The first-order chi connectivity index (χ1) is 10.1. The number of aryl methyl sites for hydroxylation is 1. The van der Waals surface area contributed by atoms with Crippen molar-refractivity contribution in [1.82, 2.24) is 20.2 Å². The quantitative estimate of drug-likeness (QED) is 0.638. The lowest BCUT2D eigenvalue weighted by Gasteiger charge is -2.00.